The third-order valence-electron chi connectivity index (χ3n) is 5.45. The van der Waals surface area contributed by atoms with E-state index in [1.165, 1.54) is 0 Å². The molecule has 4 rings (SSSR count). The van der Waals surface area contributed by atoms with Crippen LogP contribution >= 0.6 is 0 Å². The Kier molecular flexibility index (Phi) is 6.58. The molecule has 34 heavy (non-hydrogen) atoms. The first kappa shape index (κ1) is 23.0. The Morgan fingerprint density at radius 3 is 2.47 bits per heavy atom. The summed E-state index contributed by atoms with van der Waals surface area (Å²) in [6.45, 7) is 5.63. The van der Waals surface area contributed by atoms with E-state index < -0.39 is 5.97 Å². The topological polar surface area (TPSA) is 95.2 Å². The Morgan fingerprint density at radius 1 is 1.06 bits per heavy atom. The maximum Gasteiger partial charge on any atom is 0.340 e. The maximum atomic E-state index is 13.3. The van der Waals surface area contributed by atoms with Crippen LogP contribution in [-0.2, 0) is 16.1 Å². The molecule has 1 amide bonds. The Balaban J connectivity index is 1.74. The summed E-state index contributed by atoms with van der Waals surface area (Å²) in [6, 6.07) is 16.2. The Labute approximate surface area is 196 Å². The Bertz CT molecular complexity index is 1400. The van der Waals surface area contributed by atoms with Crippen LogP contribution in [0, 0.1) is 0 Å². The van der Waals surface area contributed by atoms with E-state index in [4.69, 9.17) is 4.74 Å². The molecule has 0 atom stereocenters. The molecule has 8 nitrogen and oxygen atoms in total. The largest absolute Gasteiger partial charge is 0.462 e. The van der Waals surface area contributed by atoms with Crippen LogP contribution in [0.5, 0.6) is 0 Å². The van der Waals surface area contributed by atoms with Crippen LogP contribution in [0.15, 0.2) is 71.9 Å². The monoisotopic (exact) mass is 458 g/mol. The zero-order chi connectivity index (χ0) is 24.2. The van der Waals surface area contributed by atoms with Gasteiger partial charge in [-0.25, -0.2) is 9.78 Å². The number of hydrogen-bond acceptors (Lipinski definition) is 5. The predicted molar refractivity (Wildman–Crippen MR) is 131 cm³/mol. The molecule has 0 unspecified atom stereocenters. The van der Waals surface area contributed by atoms with Gasteiger partial charge >= 0.3 is 5.97 Å². The number of aromatic nitrogens is 3. The molecule has 0 spiro atoms. The van der Waals surface area contributed by atoms with Crippen molar-refractivity contribution in [3.63, 3.8) is 0 Å². The van der Waals surface area contributed by atoms with Crippen LogP contribution < -0.4 is 10.9 Å². The molecule has 0 saturated heterocycles. The van der Waals surface area contributed by atoms with Gasteiger partial charge < -0.3 is 14.6 Å². The summed E-state index contributed by atoms with van der Waals surface area (Å²) in [4.78, 5) is 43.1. The highest BCUT2D eigenvalue weighted by molar-refractivity contribution is 6.02. The summed E-state index contributed by atoms with van der Waals surface area (Å²) < 4.78 is 8.24. The maximum absolute atomic E-state index is 13.3. The standard InChI is InChI=1S/C26H26N4O4/c1-4-34-26(33)19-12-8-9-13-21(19)28-22(31)15-29-14-20(18-10-6-5-7-11-18)23-24(29)25(32)30(16-27-23)17(2)3/h5-14,16-17H,4,15H2,1-3H3,(H,28,31). The van der Waals surface area contributed by atoms with Gasteiger partial charge in [0.25, 0.3) is 5.56 Å². The van der Waals surface area contributed by atoms with E-state index in [1.807, 2.05) is 44.2 Å². The van der Waals surface area contributed by atoms with Crippen LogP contribution in [0.2, 0.25) is 0 Å². The molecule has 1 N–H and O–H groups in total. The fourth-order valence-corrected chi connectivity index (χ4v) is 3.84. The number of nitrogens with zero attached hydrogens (tertiary/aromatic N) is 3. The highest BCUT2D eigenvalue weighted by atomic mass is 16.5. The quantitative estimate of drug-likeness (QED) is 0.418. The van der Waals surface area contributed by atoms with Gasteiger partial charge in [0.05, 0.1) is 24.2 Å². The van der Waals surface area contributed by atoms with Crippen LogP contribution in [0.3, 0.4) is 0 Å². The molecular formula is C26H26N4O4. The van der Waals surface area contributed by atoms with E-state index in [2.05, 4.69) is 10.3 Å². The number of esters is 1. The minimum absolute atomic E-state index is 0.0850. The first-order valence-electron chi connectivity index (χ1n) is 11.1. The Morgan fingerprint density at radius 2 is 1.76 bits per heavy atom. The lowest BCUT2D eigenvalue weighted by Crippen LogP contribution is -2.26. The summed E-state index contributed by atoms with van der Waals surface area (Å²) >= 11 is 0. The second kappa shape index (κ2) is 9.74. The van der Waals surface area contributed by atoms with Gasteiger partial charge in [0.2, 0.25) is 5.91 Å². The van der Waals surface area contributed by atoms with E-state index in [-0.39, 0.29) is 36.2 Å². The summed E-state index contributed by atoms with van der Waals surface area (Å²) in [5.74, 6) is -0.896. The van der Waals surface area contributed by atoms with Gasteiger partial charge in [-0.3, -0.25) is 14.2 Å². The van der Waals surface area contributed by atoms with Crippen molar-refractivity contribution in [1.82, 2.24) is 14.1 Å². The molecule has 0 bridgehead atoms. The van der Waals surface area contributed by atoms with Crippen LogP contribution in [0.1, 0.15) is 37.2 Å². The SMILES string of the molecule is CCOC(=O)c1ccccc1NC(=O)Cn1cc(-c2ccccc2)c2ncn(C(C)C)c(=O)c21. The highest BCUT2D eigenvalue weighted by Gasteiger charge is 2.20. The number of hydrogen-bond donors (Lipinski definition) is 1. The number of para-hydroxylation sites is 1. The van der Waals surface area contributed by atoms with Gasteiger partial charge in [-0.15, -0.1) is 0 Å². The molecule has 174 valence electrons. The number of anilines is 1. The number of amides is 1. The number of carbonyl (C=O) groups is 2. The first-order valence-corrected chi connectivity index (χ1v) is 11.1. The number of carbonyl (C=O) groups excluding carboxylic acids is 2. The number of nitrogens with one attached hydrogen (secondary N) is 1. The summed E-state index contributed by atoms with van der Waals surface area (Å²) in [5, 5.41) is 2.78. The number of fused-ring (bicyclic) bond motifs is 1. The lowest BCUT2D eigenvalue weighted by atomic mass is 10.1. The molecule has 2 heterocycles. The van der Waals surface area contributed by atoms with Crippen molar-refractivity contribution < 1.29 is 14.3 Å². The average Bonchev–Trinajstić information content (AvgIpc) is 3.19. The fourth-order valence-electron chi connectivity index (χ4n) is 3.84. The summed E-state index contributed by atoms with van der Waals surface area (Å²) in [6.07, 6.45) is 3.32. The molecule has 0 aliphatic carbocycles. The fraction of sp³-hybridized carbons (Fsp3) is 0.231. The van der Waals surface area contributed by atoms with Gasteiger partial charge in [-0.1, -0.05) is 42.5 Å². The van der Waals surface area contributed by atoms with Crippen molar-refractivity contribution in [3.05, 3.63) is 83.0 Å². The van der Waals surface area contributed by atoms with Crippen molar-refractivity contribution >= 4 is 28.6 Å². The molecule has 0 fully saturated rings. The molecule has 2 aromatic carbocycles. The molecular weight excluding hydrogens is 432 g/mol. The van der Waals surface area contributed by atoms with Crippen molar-refractivity contribution in [2.45, 2.75) is 33.4 Å². The Hall–Kier alpha value is -4.20. The average molecular weight is 459 g/mol. The van der Waals surface area contributed by atoms with Crippen LogP contribution in [-0.4, -0.2) is 32.6 Å². The first-order chi connectivity index (χ1) is 16.4. The van der Waals surface area contributed by atoms with Crippen LogP contribution in [0.25, 0.3) is 22.2 Å². The normalized spacial score (nSPS) is 11.1. The predicted octanol–water partition coefficient (Wildman–Crippen LogP) is 4.26. The molecule has 4 aromatic rings. The lowest BCUT2D eigenvalue weighted by Gasteiger charge is -2.12. The van der Waals surface area contributed by atoms with Gasteiger partial charge in [0.15, 0.2) is 0 Å². The molecule has 0 saturated carbocycles. The third-order valence-corrected chi connectivity index (χ3v) is 5.45. The van der Waals surface area contributed by atoms with E-state index in [9.17, 15) is 14.4 Å². The lowest BCUT2D eigenvalue weighted by molar-refractivity contribution is -0.116. The van der Waals surface area contributed by atoms with Gasteiger partial charge in [0.1, 0.15) is 17.6 Å². The van der Waals surface area contributed by atoms with Crippen molar-refractivity contribution in [3.8, 4) is 11.1 Å². The third kappa shape index (κ3) is 4.47. The van der Waals surface area contributed by atoms with Gasteiger partial charge in [-0.2, -0.15) is 0 Å². The summed E-state index contributed by atoms with van der Waals surface area (Å²) in [5.41, 5.74) is 2.95. The summed E-state index contributed by atoms with van der Waals surface area (Å²) in [7, 11) is 0. The second-order valence-corrected chi connectivity index (χ2v) is 8.10. The smallest absolute Gasteiger partial charge is 0.340 e. The van der Waals surface area contributed by atoms with Crippen LogP contribution in [0.4, 0.5) is 5.69 Å². The van der Waals surface area contributed by atoms with Gasteiger partial charge in [-0.05, 0) is 38.5 Å². The molecule has 0 radical (unpaired) electrons. The second-order valence-electron chi connectivity index (χ2n) is 8.10. The number of rotatable bonds is 7. The van der Waals surface area contributed by atoms with E-state index >= 15 is 0 Å². The molecule has 2 aromatic heterocycles. The zero-order valence-corrected chi connectivity index (χ0v) is 19.3. The van der Waals surface area contributed by atoms with Crippen molar-refractivity contribution in [1.29, 1.82) is 0 Å². The molecule has 0 aliphatic heterocycles. The highest BCUT2D eigenvalue weighted by Crippen LogP contribution is 2.28. The molecule has 8 heteroatoms. The minimum atomic E-state index is -0.514. The van der Waals surface area contributed by atoms with E-state index in [1.54, 1.807) is 52.8 Å². The number of ether oxygens (including phenoxy) is 1. The van der Waals surface area contributed by atoms with Crippen molar-refractivity contribution in [2.75, 3.05) is 11.9 Å². The minimum Gasteiger partial charge on any atom is -0.462 e. The van der Waals surface area contributed by atoms with Gasteiger partial charge in [0, 0.05) is 17.8 Å². The van der Waals surface area contributed by atoms with Crippen molar-refractivity contribution in [2.24, 2.45) is 0 Å². The zero-order valence-electron chi connectivity index (χ0n) is 19.3. The van der Waals surface area contributed by atoms with E-state index in [0.29, 0.717) is 16.7 Å². The molecule has 0 aliphatic rings. The number of benzene rings is 2. The van der Waals surface area contributed by atoms with E-state index in [0.717, 1.165) is 11.1 Å².